The van der Waals surface area contributed by atoms with Crippen LogP contribution in [-0.4, -0.2) is 10.7 Å². The monoisotopic (exact) mass is 447 g/mol. The normalized spacial score (nSPS) is 15.9. The summed E-state index contributed by atoms with van der Waals surface area (Å²) in [7, 11) is 0. The highest BCUT2D eigenvalue weighted by Gasteiger charge is 2.31. The third kappa shape index (κ3) is 4.11. The summed E-state index contributed by atoms with van der Waals surface area (Å²) in [6, 6.07) is 22.8. The number of nitrogens with zero attached hydrogens (tertiary/aromatic N) is 3. The van der Waals surface area contributed by atoms with E-state index in [1.165, 1.54) is 29.0 Å². The van der Waals surface area contributed by atoms with Crippen LogP contribution < -0.4 is 5.01 Å². The fraction of sp³-hybridized carbons (Fsp3) is 0.120. The number of hydrogen-bond acceptors (Lipinski definition) is 4. The predicted octanol–water partition coefficient (Wildman–Crippen LogP) is 7.27. The van der Waals surface area contributed by atoms with Gasteiger partial charge in [0.15, 0.2) is 0 Å². The van der Waals surface area contributed by atoms with E-state index in [2.05, 4.69) is 31.2 Å². The topological polar surface area (TPSA) is 28.5 Å². The Bertz CT molecular complexity index is 1230. The van der Waals surface area contributed by atoms with Crippen LogP contribution in [-0.2, 0) is 0 Å². The molecule has 0 bridgehead atoms. The number of thiazole rings is 1. The second-order valence-corrected chi connectivity index (χ2v) is 8.82. The summed E-state index contributed by atoms with van der Waals surface area (Å²) in [6.45, 7) is 2.08. The summed E-state index contributed by atoms with van der Waals surface area (Å²) < 4.78 is 13.3. The van der Waals surface area contributed by atoms with Crippen LogP contribution in [0, 0.1) is 12.7 Å². The fourth-order valence-electron chi connectivity index (χ4n) is 3.67. The molecule has 0 N–H and O–H groups in total. The van der Waals surface area contributed by atoms with Crippen LogP contribution in [0.3, 0.4) is 0 Å². The van der Waals surface area contributed by atoms with E-state index in [0.29, 0.717) is 5.02 Å². The Labute approximate surface area is 189 Å². The van der Waals surface area contributed by atoms with Gasteiger partial charge in [0.05, 0.1) is 17.4 Å². The smallest absolute Gasteiger partial charge is 0.207 e. The Morgan fingerprint density at radius 1 is 0.935 bits per heavy atom. The van der Waals surface area contributed by atoms with Crippen LogP contribution in [0.5, 0.6) is 0 Å². The molecule has 1 unspecified atom stereocenters. The Kier molecular flexibility index (Phi) is 5.30. The average molecular weight is 448 g/mol. The van der Waals surface area contributed by atoms with Crippen molar-refractivity contribution in [1.82, 2.24) is 4.98 Å². The zero-order valence-electron chi connectivity index (χ0n) is 16.8. The maximum Gasteiger partial charge on any atom is 0.207 e. The zero-order valence-corrected chi connectivity index (χ0v) is 18.4. The van der Waals surface area contributed by atoms with Gasteiger partial charge >= 0.3 is 0 Å². The van der Waals surface area contributed by atoms with Gasteiger partial charge in [0, 0.05) is 22.4 Å². The summed E-state index contributed by atoms with van der Waals surface area (Å²) in [5, 5.41) is 10.5. The average Bonchev–Trinajstić information content (AvgIpc) is 3.43. The summed E-state index contributed by atoms with van der Waals surface area (Å²) in [5.41, 5.74) is 6.19. The van der Waals surface area contributed by atoms with Crippen molar-refractivity contribution in [3.8, 4) is 11.3 Å². The first-order valence-corrected chi connectivity index (χ1v) is 11.2. The highest BCUT2D eigenvalue weighted by Crippen LogP contribution is 2.39. The van der Waals surface area contributed by atoms with E-state index in [1.54, 1.807) is 12.1 Å². The number of benzene rings is 3. The first kappa shape index (κ1) is 19.9. The molecule has 3 aromatic carbocycles. The molecule has 31 heavy (non-hydrogen) atoms. The number of aryl methyl sites for hydroxylation is 1. The molecule has 0 fully saturated rings. The molecule has 5 rings (SSSR count). The summed E-state index contributed by atoms with van der Waals surface area (Å²) >= 11 is 7.65. The van der Waals surface area contributed by atoms with Crippen molar-refractivity contribution in [3.05, 3.63) is 106 Å². The third-order valence-electron chi connectivity index (χ3n) is 5.38. The van der Waals surface area contributed by atoms with E-state index < -0.39 is 0 Å². The van der Waals surface area contributed by atoms with Gasteiger partial charge in [-0.3, -0.25) is 0 Å². The molecule has 6 heteroatoms. The summed E-state index contributed by atoms with van der Waals surface area (Å²) in [6.07, 6.45) is 0.774. The molecule has 2 heterocycles. The quantitative estimate of drug-likeness (QED) is 0.329. The second kappa shape index (κ2) is 8.25. The Morgan fingerprint density at radius 3 is 2.32 bits per heavy atom. The van der Waals surface area contributed by atoms with E-state index in [4.69, 9.17) is 21.7 Å². The third-order valence-corrected chi connectivity index (χ3v) is 6.46. The summed E-state index contributed by atoms with van der Waals surface area (Å²) in [5.74, 6) is -0.256. The van der Waals surface area contributed by atoms with Crippen LogP contribution in [0.25, 0.3) is 11.3 Å². The number of aromatic nitrogens is 1. The molecule has 0 saturated carbocycles. The Hall–Kier alpha value is -3.02. The van der Waals surface area contributed by atoms with Gasteiger partial charge in [-0.1, -0.05) is 53.6 Å². The zero-order chi connectivity index (χ0) is 21.4. The van der Waals surface area contributed by atoms with Gasteiger partial charge in [-0.25, -0.2) is 14.4 Å². The molecule has 1 aliphatic rings. The number of anilines is 1. The fourth-order valence-corrected chi connectivity index (χ4v) is 4.63. The van der Waals surface area contributed by atoms with E-state index in [9.17, 15) is 4.39 Å². The van der Waals surface area contributed by atoms with Crippen LogP contribution in [0.1, 0.15) is 29.2 Å². The molecule has 0 radical (unpaired) electrons. The first-order valence-electron chi connectivity index (χ1n) is 9.97. The standard InChI is InChI=1S/C25H19ClFN3S/c1-16-2-4-17(5-3-16)22-14-24(19-6-10-20(26)11-7-19)30(29-22)25-28-23(15-31-25)18-8-12-21(27)13-9-18/h2-13,15,24H,14H2,1H3. The molecule has 154 valence electrons. The van der Waals surface area contributed by atoms with Crippen molar-refractivity contribution in [1.29, 1.82) is 0 Å². The molecule has 1 atom stereocenters. The number of hydrazone groups is 1. The van der Waals surface area contributed by atoms with Crippen LogP contribution >= 0.6 is 22.9 Å². The van der Waals surface area contributed by atoms with Crippen LogP contribution in [0.15, 0.2) is 83.3 Å². The SMILES string of the molecule is Cc1ccc(C2=NN(c3nc(-c4ccc(F)cc4)cs3)C(c3ccc(Cl)cc3)C2)cc1. The van der Waals surface area contributed by atoms with Gasteiger partial charge in [0.1, 0.15) is 5.82 Å². The van der Waals surface area contributed by atoms with Gasteiger partial charge in [-0.15, -0.1) is 11.3 Å². The molecule has 0 aliphatic carbocycles. The van der Waals surface area contributed by atoms with Crippen molar-refractivity contribution < 1.29 is 4.39 Å². The van der Waals surface area contributed by atoms with Gasteiger partial charge < -0.3 is 0 Å². The van der Waals surface area contributed by atoms with Gasteiger partial charge in [-0.2, -0.15) is 5.10 Å². The number of halogens is 2. The first-order chi connectivity index (χ1) is 15.1. The molecule has 0 spiro atoms. The maximum absolute atomic E-state index is 13.3. The van der Waals surface area contributed by atoms with Crippen molar-refractivity contribution in [3.63, 3.8) is 0 Å². The summed E-state index contributed by atoms with van der Waals surface area (Å²) in [4.78, 5) is 4.82. The van der Waals surface area contributed by atoms with Gasteiger partial charge in [-0.05, 0) is 54.4 Å². The minimum atomic E-state index is -0.256. The highest BCUT2D eigenvalue weighted by atomic mass is 35.5. The lowest BCUT2D eigenvalue weighted by Gasteiger charge is -2.21. The molecule has 0 saturated heterocycles. The molecule has 4 aromatic rings. The highest BCUT2D eigenvalue weighted by molar-refractivity contribution is 7.14. The van der Waals surface area contributed by atoms with Gasteiger partial charge in [0.25, 0.3) is 0 Å². The second-order valence-electron chi connectivity index (χ2n) is 7.55. The lowest BCUT2D eigenvalue weighted by Crippen LogP contribution is -2.18. The van der Waals surface area contributed by atoms with Crippen molar-refractivity contribution in [2.45, 2.75) is 19.4 Å². The van der Waals surface area contributed by atoms with E-state index >= 15 is 0 Å². The maximum atomic E-state index is 13.3. The van der Waals surface area contributed by atoms with Crippen molar-refractivity contribution >= 4 is 33.8 Å². The lowest BCUT2D eigenvalue weighted by atomic mass is 9.98. The lowest BCUT2D eigenvalue weighted by molar-refractivity contribution is 0.628. The Morgan fingerprint density at radius 2 is 1.61 bits per heavy atom. The van der Waals surface area contributed by atoms with Crippen LogP contribution in [0.4, 0.5) is 9.52 Å². The van der Waals surface area contributed by atoms with E-state index in [-0.39, 0.29) is 11.9 Å². The predicted molar refractivity (Wildman–Crippen MR) is 127 cm³/mol. The molecule has 0 amide bonds. The minimum Gasteiger partial charge on any atom is -0.231 e. The Balaban J connectivity index is 1.52. The van der Waals surface area contributed by atoms with E-state index in [0.717, 1.165) is 39.6 Å². The minimum absolute atomic E-state index is 0.0285. The largest absolute Gasteiger partial charge is 0.231 e. The van der Waals surface area contributed by atoms with Crippen molar-refractivity contribution in [2.24, 2.45) is 5.10 Å². The molecule has 3 nitrogen and oxygen atoms in total. The van der Waals surface area contributed by atoms with Crippen LogP contribution in [0.2, 0.25) is 5.02 Å². The molecular weight excluding hydrogens is 429 g/mol. The molecule has 1 aliphatic heterocycles. The van der Waals surface area contributed by atoms with E-state index in [1.807, 2.05) is 34.7 Å². The number of hydrogen-bond donors (Lipinski definition) is 0. The number of rotatable bonds is 4. The molecular formula is C25H19ClFN3S. The molecule has 1 aromatic heterocycles. The van der Waals surface area contributed by atoms with Gasteiger partial charge in [0.2, 0.25) is 5.13 Å². The van der Waals surface area contributed by atoms with Crippen molar-refractivity contribution in [2.75, 3.05) is 5.01 Å².